The molecule has 0 spiro atoms. The third-order valence-corrected chi connectivity index (χ3v) is 5.07. The fourth-order valence-corrected chi connectivity index (χ4v) is 3.62. The first-order valence-electron chi connectivity index (χ1n) is 8.41. The Labute approximate surface area is 148 Å². The van der Waals surface area contributed by atoms with Crippen molar-refractivity contribution in [3.8, 4) is 0 Å². The minimum absolute atomic E-state index is 0.0168. The molecule has 2 aromatic rings. The zero-order valence-corrected chi connectivity index (χ0v) is 14.9. The van der Waals surface area contributed by atoms with E-state index in [1.54, 1.807) is 11.8 Å². The van der Waals surface area contributed by atoms with Crippen molar-refractivity contribution in [3.63, 3.8) is 0 Å². The number of hydrogen-bond acceptors (Lipinski definition) is 3. The predicted molar refractivity (Wildman–Crippen MR) is 101 cm³/mol. The van der Waals surface area contributed by atoms with Gasteiger partial charge in [-0.15, -0.1) is 0 Å². The molecule has 0 radical (unpaired) electrons. The monoisotopic (exact) mass is 340 g/mol. The number of carbonyl (C=O) groups is 1. The van der Waals surface area contributed by atoms with Crippen LogP contribution in [0.15, 0.2) is 48.5 Å². The maximum absolute atomic E-state index is 12.2. The molecule has 1 aliphatic heterocycles. The zero-order chi connectivity index (χ0) is 16.8. The minimum Gasteiger partial charge on any atom is -0.351 e. The molecule has 0 atom stereocenters. The average Bonchev–Trinajstić information content (AvgIpc) is 2.62. The highest BCUT2D eigenvalue weighted by Crippen LogP contribution is 2.17. The Balaban J connectivity index is 1.45. The maximum Gasteiger partial charge on any atom is 0.251 e. The molecule has 0 saturated carbocycles. The summed E-state index contributed by atoms with van der Waals surface area (Å²) in [7, 11) is 0. The number of rotatable bonds is 6. The summed E-state index contributed by atoms with van der Waals surface area (Å²) in [6.07, 6.45) is 3.18. The van der Waals surface area contributed by atoms with Gasteiger partial charge in [0.05, 0.1) is 0 Å². The van der Waals surface area contributed by atoms with Crippen LogP contribution in [-0.4, -0.2) is 36.7 Å². The largest absolute Gasteiger partial charge is 0.351 e. The fourth-order valence-electron chi connectivity index (χ4n) is 3.09. The van der Waals surface area contributed by atoms with Crippen LogP contribution in [0.2, 0.25) is 0 Å². The van der Waals surface area contributed by atoms with Crippen LogP contribution in [0.5, 0.6) is 0 Å². The number of benzene rings is 2. The molecule has 0 aliphatic carbocycles. The van der Waals surface area contributed by atoms with E-state index in [0.717, 1.165) is 37.4 Å². The molecular formula is C20H24N2OS. The standard InChI is InChI=1S/C20H24N2OS/c1-24-15-16-6-8-18(9-7-16)20(23)21-11-13-22-12-10-17-4-2-3-5-19(17)14-22/h2-9H,10-15H2,1H3,(H,21,23). The zero-order valence-electron chi connectivity index (χ0n) is 14.1. The molecule has 0 bridgehead atoms. The van der Waals surface area contributed by atoms with Crippen molar-refractivity contribution in [1.29, 1.82) is 0 Å². The summed E-state index contributed by atoms with van der Waals surface area (Å²) in [5, 5.41) is 3.04. The van der Waals surface area contributed by atoms with E-state index in [0.29, 0.717) is 6.54 Å². The molecule has 24 heavy (non-hydrogen) atoms. The van der Waals surface area contributed by atoms with Gasteiger partial charge in [0.25, 0.3) is 5.91 Å². The van der Waals surface area contributed by atoms with Gasteiger partial charge in [-0.1, -0.05) is 36.4 Å². The highest BCUT2D eigenvalue weighted by molar-refractivity contribution is 7.97. The number of thioether (sulfide) groups is 1. The van der Waals surface area contributed by atoms with Crippen molar-refractivity contribution in [1.82, 2.24) is 10.2 Å². The number of carbonyl (C=O) groups excluding carboxylic acids is 1. The molecule has 2 aromatic carbocycles. The normalized spacial score (nSPS) is 14.2. The molecule has 3 nitrogen and oxygen atoms in total. The van der Waals surface area contributed by atoms with Gasteiger partial charge in [-0.25, -0.2) is 0 Å². The van der Waals surface area contributed by atoms with Crippen molar-refractivity contribution >= 4 is 17.7 Å². The van der Waals surface area contributed by atoms with Crippen molar-refractivity contribution in [2.24, 2.45) is 0 Å². The molecule has 1 heterocycles. The van der Waals surface area contributed by atoms with E-state index >= 15 is 0 Å². The van der Waals surface area contributed by atoms with Gasteiger partial charge in [0, 0.05) is 37.5 Å². The van der Waals surface area contributed by atoms with Gasteiger partial charge in [0.15, 0.2) is 0 Å². The molecule has 3 rings (SSSR count). The fraction of sp³-hybridized carbons (Fsp3) is 0.350. The summed E-state index contributed by atoms with van der Waals surface area (Å²) in [6, 6.07) is 16.5. The molecule has 126 valence electrons. The predicted octanol–water partition coefficient (Wildman–Crippen LogP) is 3.34. The second kappa shape index (κ2) is 8.36. The number of nitrogens with one attached hydrogen (secondary N) is 1. The summed E-state index contributed by atoms with van der Waals surface area (Å²) in [5.74, 6) is 1.00. The Morgan fingerprint density at radius 3 is 2.62 bits per heavy atom. The van der Waals surface area contributed by atoms with Crippen LogP contribution in [0.3, 0.4) is 0 Å². The van der Waals surface area contributed by atoms with Gasteiger partial charge in [0.1, 0.15) is 0 Å². The van der Waals surface area contributed by atoms with Crippen LogP contribution < -0.4 is 5.32 Å². The van der Waals surface area contributed by atoms with Crippen molar-refractivity contribution < 1.29 is 4.79 Å². The summed E-state index contributed by atoms with van der Waals surface area (Å²) >= 11 is 1.79. The molecule has 0 fully saturated rings. The summed E-state index contributed by atoms with van der Waals surface area (Å²) in [6.45, 7) is 3.63. The first-order chi connectivity index (χ1) is 11.8. The molecule has 0 aromatic heterocycles. The van der Waals surface area contributed by atoms with E-state index in [2.05, 4.69) is 40.7 Å². The second-order valence-corrected chi connectivity index (χ2v) is 7.05. The molecule has 0 unspecified atom stereocenters. The Morgan fingerprint density at radius 1 is 1.12 bits per heavy atom. The topological polar surface area (TPSA) is 32.3 Å². The van der Waals surface area contributed by atoms with E-state index in [4.69, 9.17) is 0 Å². The van der Waals surface area contributed by atoms with Crippen LogP contribution in [-0.2, 0) is 18.7 Å². The van der Waals surface area contributed by atoms with Crippen LogP contribution in [0.4, 0.5) is 0 Å². The van der Waals surface area contributed by atoms with Gasteiger partial charge >= 0.3 is 0 Å². The minimum atomic E-state index is 0.0168. The van der Waals surface area contributed by atoms with Crippen molar-refractivity contribution in [3.05, 3.63) is 70.8 Å². The van der Waals surface area contributed by atoms with Crippen molar-refractivity contribution in [2.45, 2.75) is 18.7 Å². The highest BCUT2D eigenvalue weighted by atomic mass is 32.2. The lowest BCUT2D eigenvalue weighted by Crippen LogP contribution is -2.37. The Bertz CT molecular complexity index is 684. The smallest absolute Gasteiger partial charge is 0.251 e. The van der Waals surface area contributed by atoms with Crippen LogP contribution in [0, 0.1) is 0 Å². The van der Waals surface area contributed by atoms with Crippen LogP contribution in [0.25, 0.3) is 0 Å². The lowest BCUT2D eigenvalue weighted by molar-refractivity contribution is 0.0947. The Morgan fingerprint density at radius 2 is 1.88 bits per heavy atom. The lowest BCUT2D eigenvalue weighted by atomic mass is 10.00. The van der Waals surface area contributed by atoms with E-state index in [9.17, 15) is 4.79 Å². The average molecular weight is 340 g/mol. The van der Waals surface area contributed by atoms with Crippen molar-refractivity contribution in [2.75, 3.05) is 25.9 Å². The van der Waals surface area contributed by atoms with E-state index in [1.807, 2.05) is 24.3 Å². The maximum atomic E-state index is 12.2. The molecule has 1 N–H and O–H groups in total. The first kappa shape index (κ1) is 17.1. The van der Waals surface area contributed by atoms with E-state index in [1.165, 1.54) is 16.7 Å². The second-order valence-electron chi connectivity index (χ2n) is 6.18. The summed E-state index contributed by atoms with van der Waals surface area (Å²) < 4.78 is 0. The number of amides is 1. The third-order valence-electron chi connectivity index (χ3n) is 4.45. The van der Waals surface area contributed by atoms with E-state index in [-0.39, 0.29) is 5.91 Å². The van der Waals surface area contributed by atoms with Gasteiger partial charge in [-0.05, 0) is 41.5 Å². The summed E-state index contributed by atoms with van der Waals surface area (Å²) in [5.41, 5.74) is 4.87. The van der Waals surface area contributed by atoms with Gasteiger partial charge in [0.2, 0.25) is 0 Å². The SMILES string of the molecule is CSCc1ccc(C(=O)NCCN2CCc3ccccc3C2)cc1. The highest BCUT2D eigenvalue weighted by Gasteiger charge is 2.15. The molecule has 0 saturated heterocycles. The number of nitrogens with zero attached hydrogens (tertiary/aromatic N) is 1. The van der Waals surface area contributed by atoms with Gasteiger partial charge in [-0.3, -0.25) is 9.69 Å². The molecule has 1 aliphatic rings. The first-order valence-corrected chi connectivity index (χ1v) is 9.81. The van der Waals surface area contributed by atoms with Crippen LogP contribution in [0.1, 0.15) is 27.0 Å². The molecule has 1 amide bonds. The Hall–Kier alpha value is -1.78. The number of fused-ring (bicyclic) bond motifs is 1. The summed E-state index contributed by atoms with van der Waals surface area (Å²) in [4.78, 5) is 14.6. The van der Waals surface area contributed by atoms with Gasteiger partial charge < -0.3 is 5.32 Å². The van der Waals surface area contributed by atoms with Gasteiger partial charge in [-0.2, -0.15) is 11.8 Å². The quantitative estimate of drug-likeness (QED) is 0.875. The molecular weight excluding hydrogens is 316 g/mol. The lowest BCUT2D eigenvalue weighted by Gasteiger charge is -2.28. The van der Waals surface area contributed by atoms with E-state index < -0.39 is 0 Å². The van der Waals surface area contributed by atoms with Crippen LogP contribution >= 0.6 is 11.8 Å². The number of hydrogen-bond donors (Lipinski definition) is 1. The third kappa shape index (κ3) is 4.40. The molecule has 4 heteroatoms. The Kier molecular flexibility index (Phi) is 5.94.